The fourth-order valence-electron chi connectivity index (χ4n) is 6.99. The molecule has 1 aromatic carbocycles. The molecule has 0 saturated heterocycles. The van der Waals surface area contributed by atoms with Gasteiger partial charge in [-0.25, -0.2) is 0 Å². The molecule has 5 nitrogen and oxygen atoms in total. The molecule has 5 heteroatoms. The number of amides is 2. The Morgan fingerprint density at radius 1 is 1.11 bits per heavy atom. The number of para-hydroxylation sites is 2. The van der Waals surface area contributed by atoms with E-state index in [4.69, 9.17) is 0 Å². The van der Waals surface area contributed by atoms with Crippen LogP contribution in [-0.4, -0.2) is 30.4 Å². The van der Waals surface area contributed by atoms with Gasteiger partial charge in [0.25, 0.3) is 0 Å². The van der Waals surface area contributed by atoms with Crippen molar-refractivity contribution in [3.8, 4) is 0 Å². The van der Waals surface area contributed by atoms with E-state index in [-0.39, 0.29) is 24.4 Å². The van der Waals surface area contributed by atoms with Crippen LogP contribution < -0.4 is 15.5 Å². The van der Waals surface area contributed by atoms with Crippen LogP contribution in [0.5, 0.6) is 0 Å². The number of rotatable bonds is 4. The van der Waals surface area contributed by atoms with Crippen molar-refractivity contribution in [2.75, 3.05) is 16.8 Å². The third-order valence-electron chi connectivity index (χ3n) is 7.91. The molecule has 2 N–H and O–H groups in total. The normalized spacial score (nSPS) is 35.3. The maximum Gasteiger partial charge on any atom is 0.244 e. The van der Waals surface area contributed by atoms with Crippen molar-refractivity contribution < 1.29 is 9.59 Å². The van der Waals surface area contributed by atoms with Gasteiger partial charge < -0.3 is 10.6 Å². The van der Waals surface area contributed by atoms with Crippen molar-refractivity contribution in [2.24, 2.45) is 23.2 Å². The van der Waals surface area contributed by atoms with E-state index in [1.807, 2.05) is 31.2 Å². The summed E-state index contributed by atoms with van der Waals surface area (Å²) in [6.45, 7) is 4.33. The number of carbonyl (C=O) groups excluding carboxylic acids is 2. The average Bonchev–Trinajstić information content (AvgIpc) is 2.65. The highest BCUT2D eigenvalue weighted by Gasteiger charge is 2.53. The van der Waals surface area contributed by atoms with Crippen molar-refractivity contribution in [3.63, 3.8) is 0 Å². The first-order valence-electron chi connectivity index (χ1n) is 10.9. The first kappa shape index (κ1) is 18.2. The quantitative estimate of drug-likeness (QED) is 0.838. The first-order chi connectivity index (χ1) is 13.4. The molecule has 28 heavy (non-hydrogen) atoms. The van der Waals surface area contributed by atoms with Gasteiger partial charge in [0.15, 0.2) is 0 Å². The van der Waals surface area contributed by atoms with Crippen LogP contribution in [0.15, 0.2) is 24.3 Å². The predicted octanol–water partition coefficient (Wildman–Crippen LogP) is 3.55. The molecule has 0 spiro atoms. The van der Waals surface area contributed by atoms with Crippen LogP contribution in [0.2, 0.25) is 0 Å². The van der Waals surface area contributed by atoms with Gasteiger partial charge in [-0.1, -0.05) is 12.1 Å². The number of nitrogens with zero attached hydrogens (tertiary/aromatic N) is 1. The Kier molecular flexibility index (Phi) is 4.27. The molecule has 6 rings (SSSR count). The van der Waals surface area contributed by atoms with E-state index in [0.717, 1.165) is 23.4 Å². The monoisotopic (exact) mass is 381 g/mol. The SMILES string of the molecule is C[C@@H](N[C@H](C)C12CC3CC(CC(C3)C1)C2)C(=O)N1CC(=O)Nc2ccccc21. The number of carbonyl (C=O) groups is 2. The maximum atomic E-state index is 13.3. The molecule has 2 atom stereocenters. The molecule has 4 bridgehead atoms. The lowest BCUT2D eigenvalue weighted by Gasteiger charge is -2.59. The zero-order valence-electron chi connectivity index (χ0n) is 16.9. The summed E-state index contributed by atoms with van der Waals surface area (Å²) in [5.74, 6) is 2.56. The molecule has 1 aliphatic heterocycles. The first-order valence-corrected chi connectivity index (χ1v) is 10.9. The Morgan fingerprint density at radius 2 is 1.71 bits per heavy atom. The third-order valence-corrected chi connectivity index (χ3v) is 7.91. The highest BCUT2D eigenvalue weighted by atomic mass is 16.2. The molecule has 150 valence electrons. The van der Waals surface area contributed by atoms with Crippen LogP contribution in [0.3, 0.4) is 0 Å². The lowest BCUT2D eigenvalue weighted by atomic mass is 9.48. The summed E-state index contributed by atoms with van der Waals surface area (Å²) in [4.78, 5) is 27.0. The van der Waals surface area contributed by atoms with Gasteiger partial charge >= 0.3 is 0 Å². The van der Waals surface area contributed by atoms with Crippen molar-refractivity contribution in [1.29, 1.82) is 0 Å². The topological polar surface area (TPSA) is 61.4 Å². The molecule has 0 aromatic heterocycles. The molecule has 5 aliphatic rings. The summed E-state index contributed by atoms with van der Waals surface area (Å²) in [6, 6.07) is 7.57. The summed E-state index contributed by atoms with van der Waals surface area (Å²) < 4.78 is 0. The Morgan fingerprint density at radius 3 is 2.36 bits per heavy atom. The van der Waals surface area contributed by atoms with E-state index in [1.165, 1.54) is 38.5 Å². The molecular weight excluding hydrogens is 350 g/mol. The fraction of sp³-hybridized carbons (Fsp3) is 0.652. The molecule has 4 fully saturated rings. The number of hydrogen-bond donors (Lipinski definition) is 2. The largest absolute Gasteiger partial charge is 0.323 e. The Labute approximate surface area is 167 Å². The van der Waals surface area contributed by atoms with E-state index < -0.39 is 0 Å². The van der Waals surface area contributed by atoms with Crippen molar-refractivity contribution in [3.05, 3.63) is 24.3 Å². The summed E-state index contributed by atoms with van der Waals surface area (Å²) in [7, 11) is 0. The number of nitrogens with one attached hydrogen (secondary N) is 2. The Balaban J connectivity index is 1.31. The van der Waals surface area contributed by atoms with Crippen LogP contribution >= 0.6 is 0 Å². The smallest absolute Gasteiger partial charge is 0.244 e. The van der Waals surface area contributed by atoms with Gasteiger partial charge in [0.1, 0.15) is 6.54 Å². The van der Waals surface area contributed by atoms with E-state index in [2.05, 4.69) is 17.6 Å². The number of anilines is 2. The van der Waals surface area contributed by atoms with Crippen LogP contribution in [-0.2, 0) is 9.59 Å². The minimum Gasteiger partial charge on any atom is -0.323 e. The van der Waals surface area contributed by atoms with Crippen LogP contribution in [0.1, 0.15) is 52.4 Å². The van der Waals surface area contributed by atoms with Crippen molar-refractivity contribution >= 4 is 23.2 Å². The van der Waals surface area contributed by atoms with E-state index in [1.54, 1.807) is 4.90 Å². The maximum absolute atomic E-state index is 13.3. The summed E-state index contributed by atoms with van der Waals surface area (Å²) >= 11 is 0. The lowest BCUT2D eigenvalue weighted by Crippen LogP contribution is -2.59. The van der Waals surface area contributed by atoms with Gasteiger partial charge in [-0.15, -0.1) is 0 Å². The van der Waals surface area contributed by atoms with E-state index in [0.29, 0.717) is 17.1 Å². The molecule has 4 aliphatic carbocycles. The van der Waals surface area contributed by atoms with Gasteiger partial charge in [-0.2, -0.15) is 0 Å². The zero-order chi connectivity index (χ0) is 19.5. The van der Waals surface area contributed by atoms with Crippen LogP contribution in [0.4, 0.5) is 11.4 Å². The van der Waals surface area contributed by atoms with Gasteiger partial charge in [-0.3, -0.25) is 14.5 Å². The van der Waals surface area contributed by atoms with Gasteiger partial charge in [0.2, 0.25) is 11.8 Å². The lowest BCUT2D eigenvalue weighted by molar-refractivity contribution is -0.124. The predicted molar refractivity (Wildman–Crippen MR) is 110 cm³/mol. The fourth-order valence-corrected chi connectivity index (χ4v) is 6.99. The Hall–Kier alpha value is -1.88. The summed E-state index contributed by atoms with van der Waals surface area (Å²) in [5.41, 5.74) is 1.87. The summed E-state index contributed by atoms with van der Waals surface area (Å²) in [5, 5.41) is 6.52. The second kappa shape index (κ2) is 6.58. The third kappa shape index (κ3) is 2.95. The molecule has 0 radical (unpaired) electrons. The van der Waals surface area contributed by atoms with Crippen molar-refractivity contribution in [1.82, 2.24) is 5.32 Å². The number of hydrogen-bond acceptors (Lipinski definition) is 3. The van der Waals surface area contributed by atoms with Gasteiger partial charge in [0, 0.05) is 6.04 Å². The minimum atomic E-state index is -0.304. The Bertz CT molecular complexity index is 770. The van der Waals surface area contributed by atoms with Crippen LogP contribution in [0, 0.1) is 23.2 Å². The second-order valence-electron chi connectivity index (χ2n) is 9.88. The van der Waals surface area contributed by atoms with E-state index >= 15 is 0 Å². The molecule has 0 unspecified atom stereocenters. The van der Waals surface area contributed by atoms with Crippen LogP contribution in [0.25, 0.3) is 0 Å². The number of fused-ring (bicyclic) bond motifs is 1. The molecular formula is C23H31N3O2. The molecule has 4 saturated carbocycles. The average molecular weight is 382 g/mol. The molecule has 1 aromatic rings. The second-order valence-corrected chi connectivity index (χ2v) is 9.88. The zero-order valence-corrected chi connectivity index (χ0v) is 16.9. The van der Waals surface area contributed by atoms with Gasteiger partial charge in [-0.05, 0) is 87.7 Å². The summed E-state index contributed by atoms with van der Waals surface area (Å²) in [6.07, 6.45) is 8.26. The van der Waals surface area contributed by atoms with Crippen molar-refractivity contribution in [2.45, 2.75) is 64.5 Å². The van der Waals surface area contributed by atoms with E-state index in [9.17, 15) is 9.59 Å². The highest BCUT2D eigenvalue weighted by Crippen LogP contribution is 2.61. The number of benzene rings is 1. The minimum absolute atomic E-state index is 0.0149. The standard InChI is InChI=1S/C23H31N3O2/c1-14(22(28)26-13-21(27)25-19-5-3-4-6-20(19)26)24-15(2)23-10-16-7-17(11-23)9-18(8-16)12-23/h3-6,14-18,24H,7-13H2,1-2H3,(H,25,27)/t14-,15-,16?,17?,18?,23?/m1/s1. The molecule has 2 amide bonds. The van der Waals surface area contributed by atoms with Gasteiger partial charge in [0.05, 0.1) is 17.4 Å². The molecule has 1 heterocycles. The highest BCUT2D eigenvalue weighted by molar-refractivity contribution is 6.11.